The summed E-state index contributed by atoms with van der Waals surface area (Å²) in [6, 6.07) is 0.0436. The Kier molecular flexibility index (Phi) is 2.89. The van der Waals surface area contributed by atoms with Crippen molar-refractivity contribution >= 4 is 11.9 Å². The maximum absolute atomic E-state index is 12.3. The topological polar surface area (TPSA) is 66.8 Å². The van der Waals surface area contributed by atoms with Gasteiger partial charge >= 0.3 is 5.97 Å². The van der Waals surface area contributed by atoms with Gasteiger partial charge in [-0.2, -0.15) is 0 Å². The van der Waals surface area contributed by atoms with Gasteiger partial charge in [0.25, 0.3) is 0 Å². The summed E-state index contributed by atoms with van der Waals surface area (Å²) in [6.45, 7) is 7.28. The van der Waals surface area contributed by atoms with Crippen molar-refractivity contribution in [3.05, 3.63) is 0 Å². The number of nitrogens with zero attached hydrogens (tertiary/aromatic N) is 1. The fourth-order valence-electron chi connectivity index (χ4n) is 2.79. The van der Waals surface area contributed by atoms with Crippen LogP contribution in [0.3, 0.4) is 0 Å². The number of carboxylic acids is 1. The Morgan fingerprint density at radius 2 is 2.00 bits per heavy atom. The Labute approximate surface area is 101 Å². The lowest BCUT2D eigenvalue weighted by Gasteiger charge is -2.33. The summed E-state index contributed by atoms with van der Waals surface area (Å²) in [7, 11) is 0. The Bertz CT molecular complexity index is 352. The lowest BCUT2D eigenvalue weighted by Crippen LogP contribution is -2.48. The fraction of sp³-hybridized carbons (Fsp3) is 0.833. The lowest BCUT2D eigenvalue weighted by atomic mass is 10.1. The highest BCUT2D eigenvalue weighted by molar-refractivity contribution is 5.91. The molecule has 96 valence electrons. The molecule has 5 heteroatoms. The first-order valence-electron chi connectivity index (χ1n) is 5.98. The molecule has 1 saturated heterocycles. The second-order valence-corrected chi connectivity index (χ2v) is 5.57. The van der Waals surface area contributed by atoms with E-state index in [9.17, 15) is 9.59 Å². The van der Waals surface area contributed by atoms with Crippen LogP contribution in [0.1, 0.15) is 20.8 Å². The molecule has 0 radical (unpaired) electrons. The first-order chi connectivity index (χ1) is 7.87. The summed E-state index contributed by atoms with van der Waals surface area (Å²) < 4.78 is 5.28. The summed E-state index contributed by atoms with van der Waals surface area (Å²) in [4.78, 5) is 25.1. The first kappa shape index (κ1) is 12.4. The van der Waals surface area contributed by atoms with Gasteiger partial charge in [-0.25, -0.2) is 0 Å². The van der Waals surface area contributed by atoms with Crippen LogP contribution in [-0.4, -0.2) is 47.7 Å². The number of amides is 1. The Hall–Kier alpha value is -1.10. The molecule has 1 aliphatic carbocycles. The van der Waals surface area contributed by atoms with Gasteiger partial charge in [-0.05, 0) is 12.3 Å². The third-order valence-corrected chi connectivity index (χ3v) is 4.01. The van der Waals surface area contributed by atoms with Crippen LogP contribution in [-0.2, 0) is 14.3 Å². The molecule has 2 aliphatic rings. The first-order valence-corrected chi connectivity index (χ1v) is 5.98. The highest BCUT2D eigenvalue weighted by Gasteiger charge is 2.66. The summed E-state index contributed by atoms with van der Waals surface area (Å²) in [5.74, 6) is -1.81. The van der Waals surface area contributed by atoms with E-state index in [2.05, 4.69) is 0 Å². The fourth-order valence-corrected chi connectivity index (χ4v) is 2.79. The van der Waals surface area contributed by atoms with Crippen LogP contribution in [0, 0.1) is 17.3 Å². The number of carbonyl (C=O) groups is 2. The zero-order valence-corrected chi connectivity index (χ0v) is 10.5. The van der Waals surface area contributed by atoms with Crippen LogP contribution in [0.2, 0.25) is 0 Å². The maximum Gasteiger partial charge on any atom is 0.307 e. The minimum Gasteiger partial charge on any atom is -0.481 e. The molecule has 0 spiro atoms. The van der Waals surface area contributed by atoms with E-state index in [0.717, 1.165) is 0 Å². The number of hydrogen-bond acceptors (Lipinski definition) is 3. The van der Waals surface area contributed by atoms with Crippen molar-refractivity contribution in [1.29, 1.82) is 0 Å². The molecule has 0 bridgehead atoms. The molecule has 0 aromatic rings. The molecule has 1 amide bonds. The SMILES string of the molecule is CC1COCCN1C(=O)[C@H]1[C@@H](C(=O)O)C1(C)C. The second kappa shape index (κ2) is 3.98. The van der Waals surface area contributed by atoms with Crippen molar-refractivity contribution in [2.45, 2.75) is 26.8 Å². The van der Waals surface area contributed by atoms with Crippen LogP contribution in [0.5, 0.6) is 0 Å². The van der Waals surface area contributed by atoms with E-state index < -0.39 is 17.3 Å². The third kappa shape index (κ3) is 1.92. The number of rotatable bonds is 2. The van der Waals surface area contributed by atoms with Crippen molar-refractivity contribution < 1.29 is 19.4 Å². The van der Waals surface area contributed by atoms with Crippen molar-refractivity contribution in [2.24, 2.45) is 17.3 Å². The normalized spacial score (nSPS) is 35.5. The predicted molar refractivity (Wildman–Crippen MR) is 60.4 cm³/mol. The van der Waals surface area contributed by atoms with E-state index in [1.165, 1.54) is 0 Å². The summed E-state index contributed by atoms with van der Waals surface area (Å²) in [6.07, 6.45) is 0. The molecule has 1 unspecified atom stereocenters. The molecule has 1 N–H and O–H groups in total. The van der Waals surface area contributed by atoms with Gasteiger partial charge in [0.2, 0.25) is 5.91 Å². The standard InChI is InChI=1S/C12H19NO4/c1-7-6-17-5-4-13(7)10(14)8-9(11(15)16)12(8,2)3/h7-9H,4-6H2,1-3H3,(H,15,16)/t7?,8-,9+/m1/s1. The third-order valence-electron chi connectivity index (χ3n) is 4.01. The highest BCUT2D eigenvalue weighted by Crippen LogP contribution is 2.59. The van der Waals surface area contributed by atoms with Gasteiger partial charge in [0.05, 0.1) is 31.1 Å². The van der Waals surface area contributed by atoms with E-state index in [1.54, 1.807) is 4.90 Å². The minimum absolute atomic E-state index is 0.0294. The van der Waals surface area contributed by atoms with E-state index in [-0.39, 0.29) is 17.9 Å². The average molecular weight is 241 g/mol. The van der Waals surface area contributed by atoms with Gasteiger partial charge in [-0.1, -0.05) is 13.8 Å². The lowest BCUT2D eigenvalue weighted by molar-refractivity contribution is -0.145. The van der Waals surface area contributed by atoms with Crippen LogP contribution >= 0.6 is 0 Å². The molecular weight excluding hydrogens is 222 g/mol. The van der Waals surface area contributed by atoms with Gasteiger partial charge in [0.1, 0.15) is 0 Å². The van der Waals surface area contributed by atoms with Crippen molar-refractivity contribution in [3.8, 4) is 0 Å². The van der Waals surface area contributed by atoms with Crippen LogP contribution in [0.15, 0.2) is 0 Å². The number of carbonyl (C=O) groups excluding carboxylic acids is 1. The Morgan fingerprint density at radius 1 is 1.35 bits per heavy atom. The Morgan fingerprint density at radius 3 is 2.47 bits per heavy atom. The summed E-state index contributed by atoms with van der Waals surface area (Å²) in [5.41, 5.74) is -0.416. The monoisotopic (exact) mass is 241 g/mol. The molecule has 3 atom stereocenters. The van der Waals surface area contributed by atoms with Gasteiger partial charge in [0.15, 0.2) is 0 Å². The maximum atomic E-state index is 12.3. The molecule has 0 aromatic heterocycles. The predicted octanol–water partition coefficient (Wildman–Crippen LogP) is 0.590. The summed E-state index contributed by atoms with van der Waals surface area (Å²) in [5, 5.41) is 9.08. The molecular formula is C12H19NO4. The number of carboxylic acid groups (broad SMARTS) is 1. The molecule has 2 rings (SSSR count). The number of hydrogen-bond donors (Lipinski definition) is 1. The molecule has 1 aliphatic heterocycles. The van der Waals surface area contributed by atoms with Crippen LogP contribution < -0.4 is 0 Å². The van der Waals surface area contributed by atoms with Gasteiger partial charge < -0.3 is 14.7 Å². The van der Waals surface area contributed by atoms with Crippen molar-refractivity contribution in [2.75, 3.05) is 19.8 Å². The molecule has 0 aromatic carbocycles. The zero-order chi connectivity index (χ0) is 12.8. The smallest absolute Gasteiger partial charge is 0.307 e. The molecule has 17 heavy (non-hydrogen) atoms. The minimum atomic E-state index is -0.866. The molecule has 1 saturated carbocycles. The number of ether oxygens (including phenoxy) is 1. The van der Waals surface area contributed by atoms with Crippen molar-refractivity contribution in [1.82, 2.24) is 4.90 Å². The van der Waals surface area contributed by atoms with Crippen LogP contribution in [0.4, 0.5) is 0 Å². The van der Waals surface area contributed by atoms with Gasteiger partial charge in [0, 0.05) is 6.54 Å². The number of morpholine rings is 1. The molecule has 2 fully saturated rings. The summed E-state index contributed by atoms with van der Waals surface area (Å²) >= 11 is 0. The van der Waals surface area contributed by atoms with E-state index in [0.29, 0.717) is 19.8 Å². The van der Waals surface area contributed by atoms with Gasteiger partial charge in [-0.15, -0.1) is 0 Å². The van der Waals surface area contributed by atoms with Crippen molar-refractivity contribution in [3.63, 3.8) is 0 Å². The highest BCUT2D eigenvalue weighted by atomic mass is 16.5. The molecule has 1 heterocycles. The van der Waals surface area contributed by atoms with E-state index >= 15 is 0 Å². The van der Waals surface area contributed by atoms with E-state index in [1.807, 2.05) is 20.8 Å². The largest absolute Gasteiger partial charge is 0.481 e. The average Bonchev–Trinajstić information content (AvgIpc) is 2.81. The van der Waals surface area contributed by atoms with Gasteiger partial charge in [-0.3, -0.25) is 9.59 Å². The van der Waals surface area contributed by atoms with Crippen LogP contribution in [0.25, 0.3) is 0 Å². The number of aliphatic carboxylic acids is 1. The van der Waals surface area contributed by atoms with E-state index in [4.69, 9.17) is 9.84 Å². The Balaban J connectivity index is 2.08. The molecule has 5 nitrogen and oxygen atoms in total. The quantitative estimate of drug-likeness (QED) is 0.768. The second-order valence-electron chi connectivity index (χ2n) is 5.57. The zero-order valence-electron chi connectivity index (χ0n) is 10.5.